The Hall–Kier alpha value is -1.47. The van der Waals surface area contributed by atoms with Crippen LogP contribution in [-0.2, 0) is 28.6 Å². The van der Waals surface area contributed by atoms with E-state index >= 15 is 0 Å². The molecule has 0 aliphatic carbocycles. The zero-order valence-electron chi connectivity index (χ0n) is 10.6. The number of hydrogen-bond acceptors (Lipinski definition) is 6. The van der Waals surface area contributed by atoms with Crippen molar-refractivity contribution in [3.05, 3.63) is 0 Å². The van der Waals surface area contributed by atoms with Gasteiger partial charge in [-0.15, -0.1) is 0 Å². The van der Waals surface area contributed by atoms with Crippen LogP contribution in [0, 0.1) is 11.8 Å². The number of amides is 2. The summed E-state index contributed by atoms with van der Waals surface area (Å²) < 4.78 is 14.5. The largest absolute Gasteiger partial charge is 0.469 e. The van der Waals surface area contributed by atoms with E-state index in [0.29, 0.717) is 0 Å². The van der Waals surface area contributed by atoms with Gasteiger partial charge in [0, 0.05) is 20.6 Å². The van der Waals surface area contributed by atoms with E-state index in [1.165, 1.54) is 21.3 Å². The maximum atomic E-state index is 11.6. The monoisotopic (exact) mass is 259 g/mol. The number of hydrogen-bond donors (Lipinski definition) is 1. The predicted molar refractivity (Wildman–Crippen MR) is 59.2 cm³/mol. The number of carbonyl (C=O) groups is 3. The molecular formula is C11H17NO6. The fraction of sp³-hybridized carbons (Fsp3) is 0.727. The van der Waals surface area contributed by atoms with E-state index in [4.69, 9.17) is 9.47 Å². The van der Waals surface area contributed by atoms with Crippen LogP contribution in [0.15, 0.2) is 0 Å². The van der Waals surface area contributed by atoms with E-state index < -0.39 is 35.9 Å². The van der Waals surface area contributed by atoms with Gasteiger partial charge in [-0.2, -0.15) is 0 Å². The molecule has 0 aromatic carbocycles. The van der Waals surface area contributed by atoms with Gasteiger partial charge < -0.3 is 14.2 Å². The average Bonchev–Trinajstić information content (AvgIpc) is 2.61. The Morgan fingerprint density at radius 2 is 1.72 bits per heavy atom. The van der Waals surface area contributed by atoms with Crippen LogP contribution in [0.1, 0.15) is 12.8 Å². The lowest BCUT2D eigenvalue weighted by molar-refractivity contribution is -0.146. The van der Waals surface area contributed by atoms with Crippen molar-refractivity contribution in [2.24, 2.45) is 11.8 Å². The molecule has 1 aliphatic rings. The molecule has 102 valence electrons. The standard InChI is InChI=1S/C11H17NO6/c1-16-8(13)4-6-7(5-9(17-2)18-3)11(15)12-10(6)14/h6-7,9H,4-5H2,1-3H3,(H,12,14,15)/t6-,7+/m0/s1. The minimum atomic E-state index is -0.724. The molecule has 0 unspecified atom stereocenters. The highest BCUT2D eigenvalue weighted by Crippen LogP contribution is 2.28. The number of methoxy groups -OCH3 is 3. The van der Waals surface area contributed by atoms with Crippen LogP contribution in [0.3, 0.4) is 0 Å². The maximum Gasteiger partial charge on any atom is 0.306 e. The fourth-order valence-electron chi connectivity index (χ4n) is 1.94. The Morgan fingerprint density at radius 3 is 2.22 bits per heavy atom. The smallest absolute Gasteiger partial charge is 0.306 e. The Bertz CT molecular complexity index is 338. The van der Waals surface area contributed by atoms with Crippen LogP contribution in [-0.4, -0.2) is 45.4 Å². The van der Waals surface area contributed by atoms with Gasteiger partial charge in [0.05, 0.1) is 25.4 Å². The highest BCUT2D eigenvalue weighted by atomic mass is 16.7. The summed E-state index contributed by atoms with van der Waals surface area (Å²) in [7, 11) is 4.12. The third-order valence-electron chi connectivity index (χ3n) is 2.99. The molecule has 18 heavy (non-hydrogen) atoms. The van der Waals surface area contributed by atoms with Gasteiger partial charge in [0.15, 0.2) is 6.29 Å². The van der Waals surface area contributed by atoms with E-state index in [1.54, 1.807) is 0 Å². The molecule has 0 spiro atoms. The number of imide groups is 1. The SMILES string of the molecule is COC(=O)C[C@@H]1C(=O)NC(=O)[C@@H]1CC(OC)OC. The van der Waals surface area contributed by atoms with E-state index in [-0.39, 0.29) is 12.8 Å². The first-order valence-corrected chi connectivity index (χ1v) is 5.50. The summed E-state index contributed by atoms with van der Waals surface area (Å²) >= 11 is 0. The summed E-state index contributed by atoms with van der Waals surface area (Å²) in [5.41, 5.74) is 0. The molecule has 0 saturated carbocycles. The lowest BCUT2D eigenvalue weighted by atomic mass is 9.89. The molecule has 0 radical (unpaired) electrons. The molecule has 1 aliphatic heterocycles. The van der Waals surface area contributed by atoms with Gasteiger partial charge in [-0.3, -0.25) is 19.7 Å². The van der Waals surface area contributed by atoms with E-state index in [0.717, 1.165) is 0 Å². The van der Waals surface area contributed by atoms with Crippen LogP contribution >= 0.6 is 0 Å². The summed E-state index contributed by atoms with van der Waals surface area (Å²) in [6.07, 6.45) is -0.503. The number of rotatable bonds is 6. The van der Waals surface area contributed by atoms with Gasteiger partial charge in [-0.1, -0.05) is 0 Å². The summed E-state index contributed by atoms with van der Waals surface area (Å²) in [4.78, 5) is 34.4. The molecule has 1 N–H and O–H groups in total. The first-order valence-electron chi connectivity index (χ1n) is 5.50. The number of nitrogens with one attached hydrogen (secondary N) is 1. The second kappa shape index (κ2) is 6.46. The van der Waals surface area contributed by atoms with Gasteiger partial charge in [0.2, 0.25) is 11.8 Å². The Kier molecular flexibility index (Phi) is 5.24. The maximum absolute atomic E-state index is 11.6. The molecule has 2 atom stereocenters. The average molecular weight is 259 g/mol. The quantitative estimate of drug-likeness (QED) is 0.391. The number of carbonyl (C=O) groups excluding carboxylic acids is 3. The van der Waals surface area contributed by atoms with Crippen LogP contribution in [0.25, 0.3) is 0 Å². The minimum absolute atomic E-state index is 0.126. The molecule has 0 aromatic heterocycles. The second-order valence-corrected chi connectivity index (χ2v) is 3.98. The summed E-state index contributed by atoms with van der Waals surface area (Å²) in [5.74, 6) is -2.75. The molecule has 0 aromatic rings. The van der Waals surface area contributed by atoms with Crippen LogP contribution < -0.4 is 5.32 Å². The van der Waals surface area contributed by atoms with Crippen LogP contribution in [0.2, 0.25) is 0 Å². The van der Waals surface area contributed by atoms with Crippen molar-refractivity contribution in [1.82, 2.24) is 5.32 Å². The Balaban J connectivity index is 2.74. The molecule has 1 rings (SSSR count). The predicted octanol–water partition coefficient (Wildman–Crippen LogP) is -0.553. The molecule has 0 bridgehead atoms. The molecule has 1 heterocycles. The highest BCUT2D eigenvalue weighted by Gasteiger charge is 2.43. The molecular weight excluding hydrogens is 242 g/mol. The molecule has 1 saturated heterocycles. The van der Waals surface area contributed by atoms with Gasteiger partial charge in [0.1, 0.15) is 0 Å². The lowest BCUT2D eigenvalue weighted by Gasteiger charge is -2.19. The first kappa shape index (κ1) is 14.6. The van der Waals surface area contributed by atoms with Gasteiger partial charge >= 0.3 is 5.97 Å². The van der Waals surface area contributed by atoms with Crippen molar-refractivity contribution in [2.45, 2.75) is 19.1 Å². The second-order valence-electron chi connectivity index (χ2n) is 3.98. The minimum Gasteiger partial charge on any atom is -0.469 e. The highest BCUT2D eigenvalue weighted by molar-refractivity contribution is 6.06. The topological polar surface area (TPSA) is 90.9 Å². The molecule has 1 fully saturated rings. The third kappa shape index (κ3) is 3.27. The number of esters is 1. The van der Waals surface area contributed by atoms with Crippen molar-refractivity contribution in [3.63, 3.8) is 0 Å². The van der Waals surface area contributed by atoms with Crippen molar-refractivity contribution in [1.29, 1.82) is 0 Å². The molecule has 7 nitrogen and oxygen atoms in total. The van der Waals surface area contributed by atoms with Crippen molar-refractivity contribution < 1.29 is 28.6 Å². The summed E-state index contributed by atoms with van der Waals surface area (Å²) in [6.45, 7) is 0. The normalized spacial score (nSPS) is 23.3. The van der Waals surface area contributed by atoms with E-state index in [2.05, 4.69) is 10.1 Å². The fourth-order valence-corrected chi connectivity index (χ4v) is 1.94. The number of ether oxygens (including phenoxy) is 3. The van der Waals surface area contributed by atoms with E-state index in [9.17, 15) is 14.4 Å². The molecule has 7 heteroatoms. The van der Waals surface area contributed by atoms with Crippen molar-refractivity contribution in [3.8, 4) is 0 Å². The molecule has 2 amide bonds. The summed E-state index contributed by atoms with van der Waals surface area (Å²) in [5, 5.41) is 2.20. The Labute approximate surface area is 105 Å². The van der Waals surface area contributed by atoms with Crippen molar-refractivity contribution >= 4 is 17.8 Å². The first-order chi connectivity index (χ1) is 8.53. The van der Waals surface area contributed by atoms with Gasteiger partial charge in [-0.25, -0.2) is 0 Å². The Morgan fingerprint density at radius 1 is 1.17 bits per heavy atom. The van der Waals surface area contributed by atoms with Gasteiger partial charge in [0.25, 0.3) is 0 Å². The van der Waals surface area contributed by atoms with Crippen LogP contribution in [0.4, 0.5) is 0 Å². The third-order valence-corrected chi connectivity index (χ3v) is 2.99. The van der Waals surface area contributed by atoms with Crippen molar-refractivity contribution in [2.75, 3.05) is 21.3 Å². The van der Waals surface area contributed by atoms with E-state index in [1.807, 2.05) is 0 Å². The van der Waals surface area contributed by atoms with Gasteiger partial charge in [-0.05, 0) is 0 Å². The lowest BCUT2D eigenvalue weighted by Crippen LogP contribution is -2.27. The zero-order valence-corrected chi connectivity index (χ0v) is 10.6. The zero-order chi connectivity index (χ0) is 13.7. The van der Waals surface area contributed by atoms with Crippen LogP contribution in [0.5, 0.6) is 0 Å². The summed E-state index contributed by atoms with van der Waals surface area (Å²) in [6, 6.07) is 0.